The standard InChI is InChI=1S/C30H28ClFN6O3/c1-5-22(39)36-11-12-37-18(14-36)15-41-28-23-21(13-19(24(28)31)26-20(32)7-6-9-33-26)38(30(40)35-29(23)37)27-17(4)8-10-34-25(27)16(2)3/h5-10,13,16,18H,1,11-12,14-15H2,2-4H3/t18-/m0/s1. The van der Waals surface area contributed by atoms with Gasteiger partial charge in [0.2, 0.25) is 5.91 Å². The maximum absolute atomic E-state index is 15.1. The quantitative estimate of drug-likeness (QED) is 0.327. The number of anilines is 1. The van der Waals surface area contributed by atoms with E-state index >= 15 is 4.39 Å². The number of rotatable bonds is 4. The molecule has 2 aliphatic heterocycles. The molecule has 210 valence electrons. The molecule has 1 aromatic carbocycles. The third-order valence-corrected chi connectivity index (χ3v) is 8.03. The lowest BCUT2D eigenvalue weighted by molar-refractivity contribution is -0.126. The number of hydrogen-bond donors (Lipinski definition) is 0. The van der Waals surface area contributed by atoms with Crippen molar-refractivity contribution in [2.75, 3.05) is 31.1 Å². The summed E-state index contributed by atoms with van der Waals surface area (Å²) in [4.78, 5) is 43.6. The lowest BCUT2D eigenvalue weighted by Gasteiger charge is -2.40. The van der Waals surface area contributed by atoms with Crippen LogP contribution >= 0.6 is 11.6 Å². The Hall–Kier alpha value is -4.31. The maximum atomic E-state index is 15.1. The molecule has 11 heteroatoms. The van der Waals surface area contributed by atoms with Crippen LogP contribution in [0.3, 0.4) is 0 Å². The number of hydrogen-bond acceptors (Lipinski definition) is 7. The van der Waals surface area contributed by atoms with Crippen LogP contribution in [0.4, 0.5) is 10.2 Å². The summed E-state index contributed by atoms with van der Waals surface area (Å²) in [6.07, 6.45) is 4.48. The Kier molecular flexibility index (Phi) is 6.73. The number of piperazine rings is 1. The number of pyridine rings is 2. The number of carbonyl (C=O) groups excluding carboxylic acids is 1. The van der Waals surface area contributed by atoms with Gasteiger partial charge in [-0.3, -0.25) is 19.3 Å². The van der Waals surface area contributed by atoms with E-state index in [1.165, 1.54) is 29.0 Å². The summed E-state index contributed by atoms with van der Waals surface area (Å²) in [5.74, 6) is -0.0535. The highest BCUT2D eigenvalue weighted by Crippen LogP contribution is 2.46. The fraction of sp³-hybridized carbons (Fsp3) is 0.300. The number of ether oxygens (including phenoxy) is 1. The van der Waals surface area contributed by atoms with Crippen LogP contribution in [0.15, 0.2) is 54.1 Å². The first-order valence-corrected chi connectivity index (χ1v) is 13.8. The van der Waals surface area contributed by atoms with Crippen molar-refractivity contribution in [1.29, 1.82) is 0 Å². The molecule has 1 amide bonds. The van der Waals surface area contributed by atoms with Gasteiger partial charge in [0, 0.05) is 37.6 Å². The molecule has 3 aromatic heterocycles. The van der Waals surface area contributed by atoms with Crippen molar-refractivity contribution in [3.8, 4) is 22.7 Å². The van der Waals surface area contributed by atoms with Gasteiger partial charge in [-0.1, -0.05) is 32.0 Å². The number of benzene rings is 1. The monoisotopic (exact) mass is 574 g/mol. The molecule has 5 heterocycles. The SMILES string of the molecule is C=CC(=O)N1CCN2c3nc(=O)n(-c4c(C)ccnc4C(C)C)c4cc(-c5ncccc5F)c(Cl)c(c34)OC[C@@H]2C1. The van der Waals surface area contributed by atoms with Gasteiger partial charge in [-0.25, -0.2) is 9.18 Å². The summed E-state index contributed by atoms with van der Waals surface area (Å²) in [6, 6.07) is 6.02. The molecule has 1 fully saturated rings. The van der Waals surface area contributed by atoms with Crippen molar-refractivity contribution >= 4 is 34.2 Å². The van der Waals surface area contributed by atoms with E-state index in [1.54, 1.807) is 17.2 Å². The molecular weight excluding hydrogens is 547 g/mol. The van der Waals surface area contributed by atoms with Crippen LogP contribution in [0.5, 0.6) is 5.75 Å². The van der Waals surface area contributed by atoms with Crippen molar-refractivity contribution in [2.45, 2.75) is 32.7 Å². The predicted octanol–water partition coefficient (Wildman–Crippen LogP) is 4.66. The number of carbonyl (C=O) groups is 1. The van der Waals surface area contributed by atoms with Gasteiger partial charge in [0.05, 0.1) is 33.3 Å². The lowest BCUT2D eigenvalue weighted by Crippen LogP contribution is -2.56. The highest BCUT2D eigenvalue weighted by atomic mass is 35.5. The Morgan fingerprint density at radius 2 is 2.05 bits per heavy atom. The number of halogens is 2. The second-order valence-electron chi connectivity index (χ2n) is 10.5. The van der Waals surface area contributed by atoms with E-state index < -0.39 is 11.5 Å². The Bertz CT molecular complexity index is 1790. The largest absolute Gasteiger partial charge is 0.489 e. The molecule has 0 unspecified atom stereocenters. The molecule has 1 atom stereocenters. The van der Waals surface area contributed by atoms with Crippen LogP contribution in [0.2, 0.25) is 5.02 Å². The first kappa shape index (κ1) is 26.9. The molecule has 0 aliphatic carbocycles. The van der Waals surface area contributed by atoms with E-state index in [4.69, 9.17) is 16.3 Å². The number of aromatic nitrogens is 4. The molecule has 41 heavy (non-hydrogen) atoms. The molecule has 0 radical (unpaired) electrons. The Morgan fingerprint density at radius 3 is 2.78 bits per heavy atom. The highest BCUT2D eigenvalue weighted by molar-refractivity contribution is 6.36. The van der Waals surface area contributed by atoms with Crippen LogP contribution in [0.1, 0.15) is 31.0 Å². The summed E-state index contributed by atoms with van der Waals surface area (Å²) in [6.45, 7) is 10.9. The predicted molar refractivity (Wildman–Crippen MR) is 156 cm³/mol. The third kappa shape index (κ3) is 4.33. The smallest absolute Gasteiger partial charge is 0.354 e. The molecule has 0 saturated carbocycles. The minimum absolute atomic E-state index is 0.00205. The topological polar surface area (TPSA) is 93.5 Å². The molecule has 9 nitrogen and oxygen atoms in total. The molecule has 0 bridgehead atoms. The van der Waals surface area contributed by atoms with E-state index in [9.17, 15) is 9.59 Å². The van der Waals surface area contributed by atoms with Crippen LogP contribution in [0, 0.1) is 12.7 Å². The number of fused-ring (bicyclic) bond motifs is 2. The zero-order chi connectivity index (χ0) is 29.0. The highest BCUT2D eigenvalue weighted by Gasteiger charge is 2.37. The van der Waals surface area contributed by atoms with Gasteiger partial charge in [0.15, 0.2) is 5.75 Å². The third-order valence-electron chi connectivity index (χ3n) is 7.66. The second-order valence-corrected chi connectivity index (χ2v) is 10.9. The summed E-state index contributed by atoms with van der Waals surface area (Å²) >= 11 is 6.97. The van der Waals surface area contributed by atoms with Crippen molar-refractivity contribution in [3.05, 3.63) is 81.9 Å². The summed E-state index contributed by atoms with van der Waals surface area (Å²) in [7, 11) is 0. The fourth-order valence-corrected chi connectivity index (χ4v) is 5.99. The van der Waals surface area contributed by atoms with Crippen molar-refractivity contribution in [3.63, 3.8) is 0 Å². The van der Waals surface area contributed by atoms with Gasteiger partial charge in [-0.2, -0.15) is 4.98 Å². The lowest BCUT2D eigenvalue weighted by atomic mass is 10.0. The first-order chi connectivity index (χ1) is 19.7. The zero-order valence-corrected chi connectivity index (χ0v) is 23.7. The maximum Gasteiger partial charge on any atom is 0.354 e. The normalized spacial score (nSPS) is 16.4. The van der Waals surface area contributed by atoms with E-state index in [0.29, 0.717) is 42.0 Å². The van der Waals surface area contributed by atoms with Crippen molar-refractivity contribution in [1.82, 2.24) is 24.4 Å². The second kappa shape index (κ2) is 10.3. The van der Waals surface area contributed by atoms with Gasteiger partial charge in [0.25, 0.3) is 0 Å². The average molecular weight is 575 g/mol. The number of aryl methyl sites for hydroxylation is 1. The first-order valence-electron chi connectivity index (χ1n) is 13.4. The Morgan fingerprint density at radius 1 is 1.24 bits per heavy atom. The van der Waals surface area contributed by atoms with Gasteiger partial charge in [-0.05, 0) is 48.7 Å². The van der Waals surface area contributed by atoms with Gasteiger partial charge < -0.3 is 14.5 Å². The Labute approximate surface area is 240 Å². The zero-order valence-electron chi connectivity index (χ0n) is 22.9. The molecule has 0 spiro atoms. The van der Waals surface area contributed by atoms with Gasteiger partial charge in [-0.15, -0.1) is 0 Å². The molecular formula is C30H28ClFN6O3. The molecule has 4 aromatic rings. The van der Waals surface area contributed by atoms with Gasteiger partial charge in [0.1, 0.15) is 23.9 Å². The number of nitrogens with zero attached hydrogens (tertiary/aromatic N) is 6. The number of amides is 1. The minimum Gasteiger partial charge on any atom is -0.489 e. The molecule has 1 saturated heterocycles. The van der Waals surface area contributed by atoms with Crippen LogP contribution < -0.4 is 15.3 Å². The van der Waals surface area contributed by atoms with E-state index in [-0.39, 0.29) is 46.5 Å². The Balaban J connectivity index is 1.70. The molecule has 0 N–H and O–H groups in total. The average Bonchev–Trinajstić information content (AvgIpc) is 3.12. The van der Waals surface area contributed by atoms with Crippen LogP contribution in [-0.4, -0.2) is 62.6 Å². The molecule has 6 rings (SSSR count). The van der Waals surface area contributed by atoms with E-state index in [2.05, 4.69) is 21.5 Å². The van der Waals surface area contributed by atoms with Gasteiger partial charge >= 0.3 is 5.69 Å². The summed E-state index contributed by atoms with van der Waals surface area (Å²) in [5, 5.41) is 0.688. The summed E-state index contributed by atoms with van der Waals surface area (Å²) < 4.78 is 23.0. The van der Waals surface area contributed by atoms with E-state index in [1.807, 2.05) is 31.7 Å². The van der Waals surface area contributed by atoms with Crippen molar-refractivity contribution < 1.29 is 13.9 Å². The van der Waals surface area contributed by atoms with Crippen LogP contribution in [0.25, 0.3) is 27.8 Å². The minimum atomic E-state index is -0.561. The van der Waals surface area contributed by atoms with Crippen LogP contribution in [-0.2, 0) is 4.79 Å². The fourth-order valence-electron chi connectivity index (χ4n) is 5.70. The molecule has 2 aliphatic rings. The van der Waals surface area contributed by atoms with E-state index in [0.717, 1.165) is 11.3 Å². The van der Waals surface area contributed by atoms with Crippen molar-refractivity contribution in [2.24, 2.45) is 0 Å². The summed E-state index contributed by atoms with van der Waals surface area (Å²) in [5.41, 5.74) is 2.40.